The molecule has 1 atom stereocenters. The Balaban J connectivity index is 2.01. The van der Waals surface area contributed by atoms with Crippen molar-refractivity contribution in [1.82, 2.24) is 0 Å². The van der Waals surface area contributed by atoms with Crippen LogP contribution in [-0.4, -0.2) is 12.2 Å². The Morgan fingerprint density at radius 2 is 2.06 bits per heavy atom. The summed E-state index contributed by atoms with van der Waals surface area (Å²) in [7, 11) is 1.60. The lowest BCUT2D eigenvalue weighted by atomic mass is 9.84. The Kier molecular flexibility index (Phi) is 4.90. The van der Waals surface area contributed by atoms with E-state index >= 15 is 0 Å². The van der Waals surface area contributed by atoms with E-state index in [0.717, 1.165) is 12.0 Å². The molecule has 0 heterocycles. The van der Waals surface area contributed by atoms with Gasteiger partial charge in [0.2, 0.25) is 0 Å². The normalized spacial score (nSPS) is 18.6. The number of halogens is 1. The number of aliphatic hydroxyl groups is 1. The lowest BCUT2D eigenvalue weighted by molar-refractivity contribution is 0.131. The number of hydrogen-bond donors (Lipinski definition) is 1. The Morgan fingerprint density at radius 3 is 2.72 bits per heavy atom. The number of hydrogen-bond acceptors (Lipinski definition) is 2. The SMILES string of the molecule is COc1cc(C(O)CC2CCCCC2)ccc1Cl. The number of aliphatic hydroxyl groups excluding tert-OH is 1. The van der Waals surface area contributed by atoms with Gasteiger partial charge in [0.15, 0.2) is 0 Å². The van der Waals surface area contributed by atoms with Crippen LogP contribution in [0, 0.1) is 5.92 Å². The third-order valence-corrected chi connectivity index (χ3v) is 4.15. The van der Waals surface area contributed by atoms with Gasteiger partial charge in [-0.05, 0) is 30.0 Å². The molecule has 1 fully saturated rings. The Labute approximate surface area is 114 Å². The van der Waals surface area contributed by atoms with Crippen LogP contribution in [-0.2, 0) is 0 Å². The molecular weight excluding hydrogens is 248 g/mol. The molecule has 1 aliphatic rings. The zero-order valence-electron chi connectivity index (χ0n) is 10.9. The molecule has 1 N–H and O–H groups in total. The van der Waals surface area contributed by atoms with Crippen molar-refractivity contribution in [3.63, 3.8) is 0 Å². The van der Waals surface area contributed by atoms with Crippen LogP contribution in [0.4, 0.5) is 0 Å². The summed E-state index contributed by atoms with van der Waals surface area (Å²) in [6.07, 6.45) is 6.91. The quantitative estimate of drug-likeness (QED) is 0.880. The first-order valence-electron chi connectivity index (χ1n) is 6.72. The smallest absolute Gasteiger partial charge is 0.137 e. The highest BCUT2D eigenvalue weighted by molar-refractivity contribution is 6.32. The van der Waals surface area contributed by atoms with E-state index in [-0.39, 0.29) is 0 Å². The summed E-state index contributed by atoms with van der Waals surface area (Å²) in [6, 6.07) is 5.52. The topological polar surface area (TPSA) is 29.5 Å². The molecule has 0 aromatic heterocycles. The van der Waals surface area contributed by atoms with Crippen molar-refractivity contribution in [3.8, 4) is 5.75 Å². The molecule has 0 saturated heterocycles. The summed E-state index contributed by atoms with van der Waals surface area (Å²) in [6.45, 7) is 0. The van der Waals surface area contributed by atoms with Gasteiger partial charge in [-0.3, -0.25) is 0 Å². The summed E-state index contributed by atoms with van der Waals surface area (Å²) in [5, 5.41) is 10.9. The number of ether oxygens (including phenoxy) is 1. The van der Waals surface area contributed by atoms with E-state index in [4.69, 9.17) is 16.3 Å². The first-order chi connectivity index (χ1) is 8.70. The van der Waals surface area contributed by atoms with E-state index in [9.17, 15) is 5.11 Å². The van der Waals surface area contributed by atoms with Gasteiger partial charge in [0.25, 0.3) is 0 Å². The zero-order chi connectivity index (χ0) is 13.0. The summed E-state index contributed by atoms with van der Waals surface area (Å²) in [5.41, 5.74) is 0.904. The van der Waals surface area contributed by atoms with Crippen molar-refractivity contribution in [3.05, 3.63) is 28.8 Å². The van der Waals surface area contributed by atoms with Gasteiger partial charge in [-0.25, -0.2) is 0 Å². The molecule has 0 spiro atoms. The number of methoxy groups -OCH3 is 1. The molecule has 2 rings (SSSR count). The van der Waals surface area contributed by atoms with Crippen molar-refractivity contribution in [2.24, 2.45) is 5.92 Å². The third kappa shape index (κ3) is 3.39. The molecule has 18 heavy (non-hydrogen) atoms. The van der Waals surface area contributed by atoms with Crippen LogP contribution in [0.15, 0.2) is 18.2 Å². The molecule has 1 aromatic rings. The minimum Gasteiger partial charge on any atom is -0.495 e. The number of rotatable bonds is 4. The van der Waals surface area contributed by atoms with Crippen LogP contribution >= 0.6 is 11.6 Å². The maximum Gasteiger partial charge on any atom is 0.137 e. The van der Waals surface area contributed by atoms with Gasteiger partial charge in [0.1, 0.15) is 5.75 Å². The van der Waals surface area contributed by atoms with Crippen LogP contribution < -0.4 is 4.74 Å². The molecule has 0 amide bonds. The predicted octanol–water partition coefficient (Wildman–Crippen LogP) is 4.35. The second kappa shape index (κ2) is 6.44. The molecule has 0 bridgehead atoms. The Bertz CT molecular complexity index is 386. The highest BCUT2D eigenvalue weighted by Gasteiger charge is 2.19. The Morgan fingerprint density at radius 1 is 1.33 bits per heavy atom. The molecule has 1 saturated carbocycles. The first kappa shape index (κ1) is 13.7. The fourth-order valence-corrected chi connectivity index (χ4v) is 2.95. The van der Waals surface area contributed by atoms with Crippen molar-refractivity contribution in [2.45, 2.75) is 44.6 Å². The van der Waals surface area contributed by atoms with Crippen molar-refractivity contribution in [2.75, 3.05) is 7.11 Å². The van der Waals surface area contributed by atoms with Crippen LogP contribution in [0.1, 0.15) is 50.2 Å². The minimum absolute atomic E-state index is 0.403. The average molecular weight is 269 g/mol. The lowest BCUT2D eigenvalue weighted by Gasteiger charge is -2.24. The molecule has 1 aromatic carbocycles. The second-order valence-corrected chi connectivity index (χ2v) is 5.56. The summed E-state index contributed by atoms with van der Waals surface area (Å²) in [5.74, 6) is 1.30. The van der Waals surface area contributed by atoms with Crippen LogP contribution in [0.3, 0.4) is 0 Å². The molecule has 3 heteroatoms. The summed E-state index contributed by atoms with van der Waals surface area (Å²) >= 11 is 5.99. The summed E-state index contributed by atoms with van der Waals surface area (Å²) < 4.78 is 5.18. The zero-order valence-corrected chi connectivity index (χ0v) is 11.6. The molecule has 2 nitrogen and oxygen atoms in total. The van der Waals surface area contributed by atoms with Gasteiger partial charge in [0, 0.05) is 0 Å². The Hall–Kier alpha value is -0.730. The van der Waals surface area contributed by atoms with Crippen LogP contribution in [0.5, 0.6) is 5.75 Å². The lowest BCUT2D eigenvalue weighted by Crippen LogP contribution is -2.11. The summed E-state index contributed by atoms with van der Waals surface area (Å²) in [4.78, 5) is 0. The molecule has 1 unspecified atom stereocenters. The molecule has 0 radical (unpaired) electrons. The molecule has 100 valence electrons. The van der Waals surface area contributed by atoms with E-state index in [1.807, 2.05) is 12.1 Å². The minimum atomic E-state index is -0.403. The largest absolute Gasteiger partial charge is 0.495 e. The highest BCUT2D eigenvalue weighted by atomic mass is 35.5. The monoisotopic (exact) mass is 268 g/mol. The maximum absolute atomic E-state index is 10.3. The van der Waals surface area contributed by atoms with Crippen molar-refractivity contribution in [1.29, 1.82) is 0 Å². The van der Waals surface area contributed by atoms with Gasteiger partial charge in [-0.15, -0.1) is 0 Å². The molecule has 1 aliphatic carbocycles. The van der Waals surface area contributed by atoms with E-state index in [0.29, 0.717) is 16.7 Å². The van der Waals surface area contributed by atoms with Crippen LogP contribution in [0.2, 0.25) is 5.02 Å². The highest BCUT2D eigenvalue weighted by Crippen LogP contribution is 2.34. The van der Waals surface area contributed by atoms with Crippen molar-refractivity contribution < 1.29 is 9.84 Å². The first-order valence-corrected chi connectivity index (χ1v) is 7.10. The van der Waals surface area contributed by atoms with Gasteiger partial charge >= 0.3 is 0 Å². The van der Waals surface area contributed by atoms with E-state index < -0.39 is 6.10 Å². The number of benzene rings is 1. The second-order valence-electron chi connectivity index (χ2n) is 5.15. The fraction of sp³-hybridized carbons (Fsp3) is 0.600. The molecular formula is C15H21ClO2. The predicted molar refractivity (Wildman–Crippen MR) is 74.2 cm³/mol. The van der Waals surface area contributed by atoms with E-state index in [1.54, 1.807) is 13.2 Å². The maximum atomic E-state index is 10.3. The van der Waals surface area contributed by atoms with Crippen molar-refractivity contribution >= 4 is 11.6 Å². The van der Waals surface area contributed by atoms with Crippen LogP contribution in [0.25, 0.3) is 0 Å². The van der Waals surface area contributed by atoms with Gasteiger partial charge in [-0.2, -0.15) is 0 Å². The fourth-order valence-electron chi connectivity index (χ4n) is 2.76. The third-order valence-electron chi connectivity index (χ3n) is 3.84. The van der Waals surface area contributed by atoms with Gasteiger partial charge < -0.3 is 9.84 Å². The van der Waals surface area contributed by atoms with E-state index in [1.165, 1.54) is 32.1 Å². The van der Waals surface area contributed by atoms with E-state index in [2.05, 4.69) is 0 Å². The molecule has 0 aliphatic heterocycles. The van der Waals surface area contributed by atoms with Gasteiger partial charge in [-0.1, -0.05) is 49.8 Å². The van der Waals surface area contributed by atoms with Gasteiger partial charge in [0.05, 0.1) is 18.2 Å². The average Bonchev–Trinajstić information content (AvgIpc) is 2.40. The standard InChI is InChI=1S/C15H21ClO2/c1-18-15-10-12(7-8-13(15)16)14(17)9-11-5-3-2-4-6-11/h7-8,10-11,14,17H,2-6,9H2,1H3.